The van der Waals surface area contributed by atoms with Crippen LogP contribution in [-0.4, -0.2) is 45.2 Å². The lowest BCUT2D eigenvalue weighted by Crippen LogP contribution is -2.60. The van der Waals surface area contributed by atoms with Crippen molar-refractivity contribution in [3.63, 3.8) is 0 Å². The third-order valence-corrected chi connectivity index (χ3v) is 5.21. The summed E-state index contributed by atoms with van der Waals surface area (Å²) in [5.74, 6) is -1.91. The molecule has 3 rings (SSSR count). The number of hydrogen-bond donors (Lipinski definition) is 0. The number of carbonyl (C=O) groups is 2. The molecule has 28 heavy (non-hydrogen) atoms. The van der Waals surface area contributed by atoms with E-state index in [9.17, 15) is 9.59 Å². The molecule has 0 N–H and O–H groups in total. The summed E-state index contributed by atoms with van der Waals surface area (Å²) in [6.07, 6.45) is 0.551. The number of carbonyl (C=O) groups excluding carboxylic acids is 2. The molecule has 0 radical (unpaired) electrons. The first-order valence-electron chi connectivity index (χ1n) is 9.14. The van der Waals surface area contributed by atoms with E-state index in [4.69, 9.17) is 18.9 Å². The molecule has 6 heteroatoms. The first kappa shape index (κ1) is 20.0. The summed E-state index contributed by atoms with van der Waals surface area (Å²) in [6.45, 7) is 0.318. The lowest BCUT2D eigenvalue weighted by atomic mass is 9.68. The largest absolute Gasteiger partial charge is 0.462 e. The van der Waals surface area contributed by atoms with Crippen LogP contribution in [0, 0.1) is 11.8 Å². The van der Waals surface area contributed by atoms with Gasteiger partial charge in [0.05, 0.1) is 23.7 Å². The third kappa shape index (κ3) is 4.24. The normalized spacial score (nSPS) is 20.1. The van der Waals surface area contributed by atoms with E-state index in [1.54, 1.807) is 62.8 Å². The molecule has 2 atom stereocenters. The van der Waals surface area contributed by atoms with Gasteiger partial charge in [-0.25, -0.2) is 9.59 Å². The van der Waals surface area contributed by atoms with E-state index in [2.05, 4.69) is 0 Å². The van der Waals surface area contributed by atoms with E-state index in [-0.39, 0.29) is 31.0 Å². The first-order chi connectivity index (χ1) is 13.6. The van der Waals surface area contributed by atoms with Crippen LogP contribution in [0.2, 0.25) is 0 Å². The second-order valence-electron chi connectivity index (χ2n) is 6.72. The molecule has 0 aromatic heterocycles. The summed E-state index contributed by atoms with van der Waals surface area (Å²) in [5.41, 5.74) is 0.980. The average molecular weight is 384 g/mol. The zero-order valence-corrected chi connectivity index (χ0v) is 16.0. The minimum Gasteiger partial charge on any atom is -0.462 e. The lowest BCUT2D eigenvalue weighted by Gasteiger charge is -2.51. The molecule has 2 unspecified atom stereocenters. The van der Waals surface area contributed by atoms with Gasteiger partial charge < -0.3 is 18.9 Å². The van der Waals surface area contributed by atoms with Crippen LogP contribution in [-0.2, 0) is 18.9 Å². The van der Waals surface area contributed by atoms with Crippen molar-refractivity contribution >= 4 is 11.9 Å². The lowest BCUT2D eigenvalue weighted by molar-refractivity contribution is -0.319. The van der Waals surface area contributed by atoms with Crippen LogP contribution in [0.1, 0.15) is 27.1 Å². The first-order valence-corrected chi connectivity index (χ1v) is 9.14. The molecule has 0 amide bonds. The fourth-order valence-corrected chi connectivity index (χ4v) is 3.51. The maximum absolute atomic E-state index is 12.2. The van der Waals surface area contributed by atoms with Crippen LogP contribution in [0.5, 0.6) is 0 Å². The number of ether oxygens (including phenoxy) is 4. The third-order valence-electron chi connectivity index (χ3n) is 5.21. The molecule has 0 spiro atoms. The molecular weight excluding hydrogens is 360 g/mol. The summed E-state index contributed by atoms with van der Waals surface area (Å²) in [6, 6.07) is 17.6. The second kappa shape index (κ2) is 8.99. The molecule has 1 aliphatic rings. The Hall–Kier alpha value is -2.70. The molecule has 0 heterocycles. The van der Waals surface area contributed by atoms with Gasteiger partial charge in [0, 0.05) is 26.6 Å². The minimum absolute atomic E-state index is 0.0314. The molecular formula is C22H24O6. The molecule has 0 aliphatic heterocycles. The molecule has 2 aromatic carbocycles. The van der Waals surface area contributed by atoms with Crippen LogP contribution < -0.4 is 0 Å². The molecule has 0 saturated heterocycles. The van der Waals surface area contributed by atoms with Crippen molar-refractivity contribution in [2.24, 2.45) is 11.8 Å². The zero-order chi connectivity index (χ0) is 20.0. The summed E-state index contributed by atoms with van der Waals surface area (Å²) < 4.78 is 22.0. The Morgan fingerprint density at radius 1 is 0.821 bits per heavy atom. The number of hydrogen-bond acceptors (Lipinski definition) is 6. The van der Waals surface area contributed by atoms with Crippen LogP contribution >= 0.6 is 0 Å². The van der Waals surface area contributed by atoms with Crippen molar-refractivity contribution in [3.8, 4) is 0 Å². The summed E-state index contributed by atoms with van der Waals surface area (Å²) in [7, 11) is 3.11. The fourth-order valence-electron chi connectivity index (χ4n) is 3.51. The second-order valence-corrected chi connectivity index (χ2v) is 6.72. The quantitative estimate of drug-likeness (QED) is 0.514. The van der Waals surface area contributed by atoms with Crippen molar-refractivity contribution in [3.05, 3.63) is 71.8 Å². The van der Waals surface area contributed by atoms with Crippen LogP contribution in [0.3, 0.4) is 0 Å². The van der Waals surface area contributed by atoms with Gasteiger partial charge in [-0.1, -0.05) is 36.4 Å². The van der Waals surface area contributed by atoms with Gasteiger partial charge in [-0.15, -0.1) is 0 Å². The number of esters is 2. The fraction of sp³-hybridized carbons (Fsp3) is 0.364. The Morgan fingerprint density at radius 2 is 1.29 bits per heavy atom. The molecule has 0 bridgehead atoms. The van der Waals surface area contributed by atoms with Crippen LogP contribution in [0.25, 0.3) is 0 Å². The number of benzene rings is 2. The molecule has 6 nitrogen and oxygen atoms in total. The summed E-state index contributed by atoms with van der Waals surface area (Å²) in [4.78, 5) is 24.4. The average Bonchev–Trinajstić information content (AvgIpc) is 2.74. The van der Waals surface area contributed by atoms with Gasteiger partial charge in [0.25, 0.3) is 0 Å². The Balaban J connectivity index is 1.59. The highest BCUT2D eigenvalue weighted by Gasteiger charge is 2.56. The van der Waals surface area contributed by atoms with Gasteiger partial charge in [0.2, 0.25) is 0 Å². The van der Waals surface area contributed by atoms with Crippen molar-refractivity contribution in [1.29, 1.82) is 0 Å². The Labute approximate surface area is 164 Å². The number of methoxy groups -OCH3 is 2. The van der Waals surface area contributed by atoms with Gasteiger partial charge >= 0.3 is 11.9 Å². The highest BCUT2D eigenvalue weighted by atomic mass is 16.7. The van der Waals surface area contributed by atoms with E-state index < -0.39 is 11.8 Å². The van der Waals surface area contributed by atoms with Gasteiger partial charge in [-0.05, 0) is 24.3 Å². The highest BCUT2D eigenvalue weighted by molar-refractivity contribution is 5.89. The Kier molecular flexibility index (Phi) is 6.44. The number of rotatable bonds is 8. The maximum atomic E-state index is 12.2. The van der Waals surface area contributed by atoms with Gasteiger partial charge in [0.1, 0.15) is 6.61 Å². The predicted octanol–water partition coefficient (Wildman–Crippen LogP) is 3.33. The monoisotopic (exact) mass is 384 g/mol. The molecule has 1 saturated carbocycles. The van der Waals surface area contributed by atoms with Gasteiger partial charge in [-0.3, -0.25) is 0 Å². The van der Waals surface area contributed by atoms with Gasteiger partial charge in [-0.2, -0.15) is 0 Å². The molecule has 1 aliphatic carbocycles. The van der Waals surface area contributed by atoms with Crippen LogP contribution in [0.4, 0.5) is 0 Å². The standard InChI is InChI=1S/C22H24O6/c1-25-22(26-2)13-18(14-27-20(23)16-9-5-3-6-10-16)19(22)15-28-21(24)17-11-7-4-8-12-17/h3-12,18-19H,13-15H2,1-2H3. The molecule has 2 aromatic rings. The Morgan fingerprint density at radius 3 is 1.75 bits per heavy atom. The Bertz CT molecular complexity index is 785. The zero-order valence-electron chi connectivity index (χ0n) is 16.0. The van der Waals surface area contributed by atoms with E-state index >= 15 is 0 Å². The SMILES string of the molecule is COC1(OC)CC(COC(=O)c2ccccc2)C1COC(=O)c1ccccc1. The summed E-state index contributed by atoms with van der Waals surface area (Å²) >= 11 is 0. The van der Waals surface area contributed by atoms with E-state index in [0.29, 0.717) is 17.5 Å². The van der Waals surface area contributed by atoms with E-state index in [0.717, 1.165) is 0 Å². The van der Waals surface area contributed by atoms with Crippen molar-refractivity contribution in [1.82, 2.24) is 0 Å². The maximum Gasteiger partial charge on any atom is 0.338 e. The van der Waals surface area contributed by atoms with Crippen LogP contribution in [0.15, 0.2) is 60.7 Å². The molecule has 1 fully saturated rings. The highest BCUT2D eigenvalue weighted by Crippen LogP contribution is 2.47. The van der Waals surface area contributed by atoms with Crippen molar-refractivity contribution < 1.29 is 28.5 Å². The topological polar surface area (TPSA) is 71.1 Å². The smallest absolute Gasteiger partial charge is 0.338 e. The van der Waals surface area contributed by atoms with E-state index in [1.807, 2.05) is 12.1 Å². The minimum atomic E-state index is -0.846. The van der Waals surface area contributed by atoms with Gasteiger partial charge in [0.15, 0.2) is 5.79 Å². The van der Waals surface area contributed by atoms with Crippen molar-refractivity contribution in [2.45, 2.75) is 12.2 Å². The predicted molar refractivity (Wildman–Crippen MR) is 102 cm³/mol. The van der Waals surface area contributed by atoms with E-state index in [1.165, 1.54) is 0 Å². The van der Waals surface area contributed by atoms with Crippen molar-refractivity contribution in [2.75, 3.05) is 27.4 Å². The molecule has 148 valence electrons. The summed E-state index contributed by atoms with van der Waals surface area (Å²) in [5, 5.41) is 0.